The average Bonchev–Trinajstić information content (AvgIpc) is 3.24. The zero-order valence-corrected chi connectivity index (χ0v) is 13.8. The summed E-state index contributed by atoms with van der Waals surface area (Å²) in [6.07, 6.45) is 6.67. The molecule has 0 aliphatic rings. The van der Waals surface area contributed by atoms with E-state index in [1.54, 1.807) is 41.6 Å². The molecule has 3 rings (SSSR count). The van der Waals surface area contributed by atoms with E-state index in [0.717, 1.165) is 5.82 Å². The van der Waals surface area contributed by atoms with Crippen LogP contribution in [0.5, 0.6) is 0 Å². The fourth-order valence-electron chi connectivity index (χ4n) is 2.32. The van der Waals surface area contributed by atoms with E-state index in [1.807, 2.05) is 20.8 Å². The van der Waals surface area contributed by atoms with Gasteiger partial charge in [-0.25, -0.2) is 15.0 Å². The van der Waals surface area contributed by atoms with Crippen molar-refractivity contribution < 1.29 is 4.79 Å². The number of amides is 1. The molecule has 124 valence electrons. The highest BCUT2D eigenvalue weighted by Gasteiger charge is 2.23. The van der Waals surface area contributed by atoms with Gasteiger partial charge in [-0.3, -0.25) is 14.5 Å². The molecule has 24 heavy (non-hydrogen) atoms. The normalized spacial score (nSPS) is 12.3. The predicted octanol–water partition coefficient (Wildman–Crippen LogP) is 1.82. The summed E-state index contributed by atoms with van der Waals surface area (Å²) in [6.45, 7) is 5.85. The third-order valence-electron chi connectivity index (χ3n) is 3.62. The van der Waals surface area contributed by atoms with Crippen LogP contribution in [0, 0.1) is 12.8 Å². The minimum atomic E-state index is -0.268. The van der Waals surface area contributed by atoms with E-state index in [9.17, 15) is 4.79 Å². The summed E-state index contributed by atoms with van der Waals surface area (Å²) in [6, 6.07) is 3.24. The Morgan fingerprint density at radius 3 is 2.71 bits per heavy atom. The van der Waals surface area contributed by atoms with Gasteiger partial charge >= 0.3 is 0 Å². The molecular formula is C16H19N7O. The van der Waals surface area contributed by atoms with Crippen LogP contribution in [0.4, 0.5) is 0 Å². The number of nitrogens with zero attached hydrogens (tertiary/aromatic N) is 5. The maximum absolute atomic E-state index is 12.5. The van der Waals surface area contributed by atoms with Gasteiger partial charge < -0.3 is 5.32 Å². The first-order valence-corrected chi connectivity index (χ1v) is 7.68. The van der Waals surface area contributed by atoms with Crippen LogP contribution in [0.3, 0.4) is 0 Å². The number of nitrogens with one attached hydrogen (secondary N) is 2. The fourth-order valence-corrected chi connectivity index (χ4v) is 2.32. The number of pyridine rings is 1. The maximum Gasteiger partial charge on any atom is 0.253 e. The van der Waals surface area contributed by atoms with Gasteiger partial charge in [0.2, 0.25) is 0 Å². The molecule has 1 unspecified atom stereocenters. The van der Waals surface area contributed by atoms with Gasteiger partial charge in [0.1, 0.15) is 18.0 Å². The zero-order valence-electron chi connectivity index (χ0n) is 13.8. The van der Waals surface area contributed by atoms with E-state index < -0.39 is 0 Å². The number of hydrogen-bond acceptors (Lipinski definition) is 5. The SMILES string of the molecule is Cc1nc(C(NC(=O)c2ccc(-n3ccnc3)nc2)C(C)C)n[nH]1. The van der Waals surface area contributed by atoms with E-state index in [1.165, 1.54) is 0 Å². The summed E-state index contributed by atoms with van der Waals surface area (Å²) in [5.41, 5.74) is 0.483. The number of H-pyrrole nitrogens is 1. The smallest absolute Gasteiger partial charge is 0.253 e. The Kier molecular flexibility index (Phi) is 4.37. The Morgan fingerprint density at radius 2 is 2.17 bits per heavy atom. The predicted molar refractivity (Wildman–Crippen MR) is 87.5 cm³/mol. The highest BCUT2D eigenvalue weighted by Crippen LogP contribution is 2.19. The quantitative estimate of drug-likeness (QED) is 0.745. The van der Waals surface area contributed by atoms with Gasteiger partial charge in [0, 0.05) is 18.6 Å². The molecule has 0 aliphatic carbocycles. The molecule has 0 radical (unpaired) electrons. The largest absolute Gasteiger partial charge is 0.342 e. The van der Waals surface area contributed by atoms with E-state index in [4.69, 9.17) is 0 Å². The second-order valence-electron chi connectivity index (χ2n) is 5.85. The van der Waals surface area contributed by atoms with Gasteiger partial charge in [0.25, 0.3) is 5.91 Å². The summed E-state index contributed by atoms with van der Waals surface area (Å²) in [4.78, 5) is 25.1. The van der Waals surface area contributed by atoms with Crippen molar-refractivity contribution in [1.29, 1.82) is 0 Å². The first-order valence-electron chi connectivity index (χ1n) is 7.68. The standard InChI is InChI=1S/C16H19N7O/c1-10(2)14(15-19-11(3)21-22-15)20-16(24)12-4-5-13(18-8-12)23-7-6-17-9-23/h4-10,14H,1-3H3,(H,20,24)(H,19,21,22). The molecule has 0 fully saturated rings. The van der Waals surface area contributed by atoms with Gasteiger partial charge in [-0.2, -0.15) is 5.10 Å². The lowest BCUT2D eigenvalue weighted by molar-refractivity contribution is 0.0923. The molecule has 0 aromatic carbocycles. The van der Waals surface area contributed by atoms with Crippen molar-refractivity contribution in [3.8, 4) is 5.82 Å². The first-order chi connectivity index (χ1) is 11.5. The van der Waals surface area contributed by atoms with Crippen LogP contribution in [0.15, 0.2) is 37.1 Å². The zero-order chi connectivity index (χ0) is 17.1. The number of aromatic nitrogens is 6. The molecule has 8 heteroatoms. The molecular weight excluding hydrogens is 306 g/mol. The number of aryl methyl sites for hydroxylation is 1. The Balaban J connectivity index is 1.75. The van der Waals surface area contributed by atoms with Gasteiger partial charge in [0.05, 0.1) is 11.6 Å². The van der Waals surface area contributed by atoms with Crippen molar-refractivity contribution in [2.75, 3.05) is 0 Å². The highest BCUT2D eigenvalue weighted by atomic mass is 16.1. The molecule has 3 aromatic heterocycles. The van der Waals surface area contributed by atoms with E-state index in [-0.39, 0.29) is 17.9 Å². The second kappa shape index (κ2) is 6.61. The van der Waals surface area contributed by atoms with Gasteiger partial charge in [0.15, 0.2) is 5.82 Å². The molecule has 0 saturated carbocycles. The minimum Gasteiger partial charge on any atom is -0.342 e. The van der Waals surface area contributed by atoms with Crippen molar-refractivity contribution in [3.63, 3.8) is 0 Å². The molecule has 2 N–H and O–H groups in total. The lowest BCUT2D eigenvalue weighted by Gasteiger charge is -2.19. The van der Waals surface area contributed by atoms with Crippen molar-refractivity contribution >= 4 is 5.91 Å². The number of carbonyl (C=O) groups excluding carboxylic acids is 1. The Bertz CT molecular complexity index is 805. The Labute approximate surface area is 139 Å². The maximum atomic E-state index is 12.5. The summed E-state index contributed by atoms with van der Waals surface area (Å²) in [5, 5.41) is 9.94. The molecule has 3 aromatic rings. The molecule has 0 bridgehead atoms. The molecule has 0 aliphatic heterocycles. The monoisotopic (exact) mass is 325 g/mol. The summed E-state index contributed by atoms with van der Waals surface area (Å²) < 4.78 is 1.77. The van der Waals surface area contributed by atoms with Crippen LogP contribution in [0.1, 0.15) is 41.9 Å². The molecule has 0 saturated heterocycles. The van der Waals surface area contributed by atoms with Crippen LogP contribution in [-0.4, -0.2) is 35.6 Å². The number of carbonyl (C=O) groups is 1. The van der Waals surface area contributed by atoms with Crippen LogP contribution >= 0.6 is 0 Å². The summed E-state index contributed by atoms with van der Waals surface area (Å²) in [7, 11) is 0. The van der Waals surface area contributed by atoms with E-state index in [2.05, 4.69) is 30.5 Å². The number of imidazole rings is 1. The third kappa shape index (κ3) is 3.32. The lowest BCUT2D eigenvalue weighted by atomic mass is 10.0. The molecule has 0 spiro atoms. The average molecular weight is 325 g/mol. The van der Waals surface area contributed by atoms with Crippen molar-refractivity contribution in [1.82, 2.24) is 35.0 Å². The van der Waals surface area contributed by atoms with Crippen LogP contribution in [-0.2, 0) is 0 Å². The van der Waals surface area contributed by atoms with E-state index >= 15 is 0 Å². The van der Waals surface area contributed by atoms with Gasteiger partial charge in [-0.15, -0.1) is 0 Å². The number of aromatic amines is 1. The highest BCUT2D eigenvalue weighted by molar-refractivity contribution is 5.94. The fraction of sp³-hybridized carbons (Fsp3) is 0.312. The Morgan fingerprint density at radius 1 is 1.33 bits per heavy atom. The van der Waals surface area contributed by atoms with Crippen LogP contribution < -0.4 is 5.32 Å². The Hall–Kier alpha value is -3.03. The van der Waals surface area contributed by atoms with Crippen LogP contribution in [0.2, 0.25) is 0 Å². The van der Waals surface area contributed by atoms with Gasteiger partial charge in [-0.05, 0) is 25.0 Å². The minimum absolute atomic E-state index is 0.155. The second-order valence-corrected chi connectivity index (χ2v) is 5.85. The van der Waals surface area contributed by atoms with Crippen molar-refractivity contribution in [3.05, 3.63) is 54.3 Å². The summed E-state index contributed by atoms with van der Waals surface area (Å²) >= 11 is 0. The number of rotatable bonds is 5. The summed E-state index contributed by atoms with van der Waals surface area (Å²) in [5.74, 6) is 1.95. The van der Waals surface area contributed by atoms with E-state index in [0.29, 0.717) is 17.2 Å². The molecule has 1 atom stereocenters. The van der Waals surface area contributed by atoms with Crippen molar-refractivity contribution in [2.24, 2.45) is 5.92 Å². The molecule has 1 amide bonds. The molecule has 3 heterocycles. The first kappa shape index (κ1) is 15.9. The van der Waals surface area contributed by atoms with Gasteiger partial charge in [-0.1, -0.05) is 13.8 Å². The molecule has 8 nitrogen and oxygen atoms in total. The topological polar surface area (TPSA) is 101 Å². The lowest BCUT2D eigenvalue weighted by Crippen LogP contribution is -2.32. The van der Waals surface area contributed by atoms with Crippen LogP contribution in [0.25, 0.3) is 5.82 Å². The van der Waals surface area contributed by atoms with Crippen molar-refractivity contribution in [2.45, 2.75) is 26.8 Å². The third-order valence-corrected chi connectivity index (χ3v) is 3.62. The number of hydrogen-bond donors (Lipinski definition) is 2.